The SMILES string of the molecule is C/C=C(\C)CCCC.C=C(C)CC(CC)CCc1ccc(C(C)(C)C)cc1. The monoisotopic (exact) mass is 370 g/mol. The van der Waals surface area contributed by atoms with Crippen molar-refractivity contribution in [3.05, 3.63) is 59.2 Å². The number of aryl methyl sites for hydroxylation is 1. The van der Waals surface area contributed by atoms with Crippen molar-refractivity contribution < 1.29 is 0 Å². The minimum atomic E-state index is 0.254. The van der Waals surface area contributed by atoms with Crippen molar-refractivity contribution in [2.75, 3.05) is 0 Å². The van der Waals surface area contributed by atoms with Gasteiger partial charge in [-0.05, 0) is 75.3 Å². The molecule has 0 aliphatic rings. The molecule has 0 radical (unpaired) electrons. The molecule has 0 N–H and O–H groups in total. The van der Waals surface area contributed by atoms with Gasteiger partial charge in [-0.15, -0.1) is 6.58 Å². The Labute approximate surface area is 171 Å². The topological polar surface area (TPSA) is 0 Å². The molecular formula is C27H46. The fraction of sp³-hybridized carbons (Fsp3) is 0.630. The maximum absolute atomic E-state index is 4.04. The van der Waals surface area contributed by atoms with Gasteiger partial charge in [-0.1, -0.05) is 88.9 Å². The predicted molar refractivity (Wildman–Crippen MR) is 126 cm³/mol. The van der Waals surface area contributed by atoms with Crippen molar-refractivity contribution in [2.24, 2.45) is 5.92 Å². The van der Waals surface area contributed by atoms with Gasteiger partial charge in [0, 0.05) is 0 Å². The highest BCUT2D eigenvalue weighted by Gasteiger charge is 2.13. The van der Waals surface area contributed by atoms with E-state index in [0.717, 1.165) is 5.92 Å². The molecule has 27 heavy (non-hydrogen) atoms. The number of rotatable bonds is 9. The van der Waals surface area contributed by atoms with Crippen LogP contribution in [0.25, 0.3) is 0 Å². The molecule has 0 saturated heterocycles. The normalized spacial score (nSPS) is 13.0. The van der Waals surface area contributed by atoms with E-state index in [1.807, 2.05) is 0 Å². The van der Waals surface area contributed by atoms with Gasteiger partial charge < -0.3 is 0 Å². The van der Waals surface area contributed by atoms with Gasteiger partial charge in [-0.2, -0.15) is 0 Å². The minimum absolute atomic E-state index is 0.254. The van der Waals surface area contributed by atoms with E-state index in [9.17, 15) is 0 Å². The second-order valence-electron chi connectivity index (χ2n) is 9.16. The van der Waals surface area contributed by atoms with Crippen LogP contribution < -0.4 is 0 Å². The third-order valence-corrected chi connectivity index (χ3v) is 5.29. The van der Waals surface area contributed by atoms with Crippen LogP contribution in [0.2, 0.25) is 0 Å². The highest BCUT2D eigenvalue weighted by atomic mass is 14.2. The second-order valence-corrected chi connectivity index (χ2v) is 9.16. The smallest absolute Gasteiger partial charge is 0.0132 e. The molecule has 0 nitrogen and oxygen atoms in total. The molecule has 0 amide bonds. The Kier molecular flexibility index (Phi) is 13.1. The van der Waals surface area contributed by atoms with Crippen molar-refractivity contribution >= 4 is 0 Å². The summed E-state index contributed by atoms with van der Waals surface area (Å²) < 4.78 is 0. The second kappa shape index (κ2) is 13.8. The molecule has 0 aliphatic carbocycles. The van der Waals surface area contributed by atoms with Crippen molar-refractivity contribution in [1.29, 1.82) is 0 Å². The number of benzene rings is 1. The summed E-state index contributed by atoms with van der Waals surface area (Å²) in [5.74, 6) is 0.791. The first-order valence-corrected chi connectivity index (χ1v) is 11.0. The number of hydrogen-bond donors (Lipinski definition) is 0. The van der Waals surface area contributed by atoms with E-state index in [0.29, 0.717) is 0 Å². The molecule has 0 heteroatoms. The summed E-state index contributed by atoms with van der Waals surface area (Å²) in [6, 6.07) is 9.17. The average molecular weight is 371 g/mol. The number of hydrogen-bond acceptors (Lipinski definition) is 0. The molecule has 1 unspecified atom stereocenters. The summed E-state index contributed by atoms with van der Waals surface area (Å²) in [4.78, 5) is 0. The lowest BCUT2D eigenvalue weighted by molar-refractivity contribution is 0.467. The molecule has 0 aliphatic heterocycles. The van der Waals surface area contributed by atoms with E-state index in [4.69, 9.17) is 0 Å². The summed E-state index contributed by atoms with van der Waals surface area (Å²) in [7, 11) is 0. The quantitative estimate of drug-likeness (QED) is 0.380. The van der Waals surface area contributed by atoms with Crippen molar-refractivity contribution in [1.82, 2.24) is 0 Å². The summed E-state index contributed by atoms with van der Waals surface area (Å²) in [5, 5.41) is 0. The Balaban J connectivity index is 0.000000713. The molecule has 0 saturated carbocycles. The fourth-order valence-electron chi connectivity index (χ4n) is 3.09. The Morgan fingerprint density at radius 2 is 1.67 bits per heavy atom. The average Bonchev–Trinajstić information content (AvgIpc) is 2.62. The van der Waals surface area contributed by atoms with Gasteiger partial charge in [-0.3, -0.25) is 0 Å². The Bertz CT molecular complexity index is 536. The summed E-state index contributed by atoms with van der Waals surface area (Å²) in [6.07, 6.45) is 11.0. The first-order valence-electron chi connectivity index (χ1n) is 11.0. The molecule has 1 aromatic rings. The molecule has 0 bridgehead atoms. The zero-order valence-electron chi connectivity index (χ0n) is 19.6. The van der Waals surface area contributed by atoms with E-state index in [1.54, 1.807) is 0 Å². The van der Waals surface area contributed by atoms with Crippen LogP contribution in [-0.4, -0.2) is 0 Å². The van der Waals surface area contributed by atoms with E-state index < -0.39 is 0 Å². The Hall–Kier alpha value is -1.30. The zero-order valence-corrected chi connectivity index (χ0v) is 19.6. The summed E-state index contributed by atoms with van der Waals surface area (Å²) in [6.45, 7) is 21.8. The van der Waals surface area contributed by atoms with Crippen molar-refractivity contribution in [3.63, 3.8) is 0 Å². The molecule has 1 rings (SSSR count). The van der Waals surface area contributed by atoms with Gasteiger partial charge >= 0.3 is 0 Å². The largest absolute Gasteiger partial charge is 0.100 e. The molecule has 1 aromatic carbocycles. The third-order valence-electron chi connectivity index (χ3n) is 5.29. The van der Waals surface area contributed by atoms with Gasteiger partial charge in [-0.25, -0.2) is 0 Å². The van der Waals surface area contributed by atoms with E-state index in [1.165, 1.54) is 67.2 Å². The Morgan fingerprint density at radius 1 is 1.07 bits per heavy atom. The lowest BCUT2D eigenvalue weighted by Gasteiger charge is -2.19. The third kappa shape index (κ3) is 12.7. The number of unbranched alkanes of at least 4 members (excludes halogenated alkanes) is 1. The van der Waals surface area contributed by atoms with Crippen LogP contribution in [0, 0.1) is 5.92 Å². The van der Waals surface area contributed by atoms with Crippen LogP contribution in [0.4, 0.5) is 0 Å². The first-order chi connectivity index (χ1) is 12.6. The van der Waals surface area contributed by atoms with E-state index in [-0.39, 0.29) is 5.41 Å². The van der Waals surface area contributed by atoms with Gasteiger partial charge in [0.25, 0.3) is 0 Å². The molecule has 0 fully saturated rings. The Morgan fingerprint density at radius 3 is 2.07 bits per heavy atom. The van der Waals surface area contributed by atoms with Crippen LogP contribution in [0.3, 0.4) is 0 Å². The van der Waals surface area contributed by atoms with Crippen molar-refractivity contribution in [3.8, 4) is 0 Å². The zero-order chi connectivity index (χ0) is 20.9. The van der Waals surface area contributed by atoms with Gasteiger partial charge in [0.1, 0.15) is 0 Å². The molecule has 1 atom stereocenters. The van der Waals surface area contributed by atoms with Crippen LogP contribution in [0.1, 0.15) is 105 Å². The molecule has 0 spiro atoms. The standard InChI is InChI=1S/C19H30.C8H16/c1-7-16(14-15(2)3)8-9-17-10-12-18(13-11-17)19(4,5)6;1-4-6-7-8(3)5-2/h10-13,16H,2,7-9,14H2,1,3-6H3;5H,4,6-7H2,1-3H3/b;8-5+. The van der Waals surface area contributed by atoms with Crippen LogP contribution in [0.5, 0.6) is 0 Å². The van der Waals surface area contributed by atoms with Gasteiger partial charge in [0.05, 0.1) is 0 Å². The van der Waals surface area contributed by atoms with Gasteiger partial charge in [0.15, 0.2) is 0 Å². The summed E-state index contributed by atoms with van der Waals surface area (Å²) in [5.41, 5.74) is 5.98. The number of allylic oxidation sites excluding steroid dienone is 3. The minimum Gasteiger partial charge on any atom is -0.100 e. The fourth-order valence-corrected chi connectivity index (χ4v) is 3.09. The van der Waals surface area contributed by atoms with Crippen molar-refractivity contribution in [2.45, 2.75) is 106 Å². The molecule has 0 heterocycles. The van der Waals surface area contributed by atoms with Crippen LogP contribution >= 0.6 is 0 Å². The van der Waals surface area contributed by atoms with E-state index >= 15 is 0 Å². The molecular weight excluding hydrogens is 324 g/mol. The maximum Gasteiger partial charge on any atom is -0.0132 e. The van der Waals surface area contributed by atoms with E-state index in [2.05, 4.69) is 92.3 Å². The maximum atomic E-state index is 4.04. The molecule has 0 aromatic heterocycles. The van der Waals surface area contributed by atoms with Gasteiger partial charge in [0.2, 0.25) is 0 Å². The molecule has 154 valence electrons. The lowest BCUT2D eigenvalue weighted by Crippen LogP contribution is -2.10. The first kappa shape index (κ1) is 25.7. The summed E-state index contributed by atoms with van der Waals surface area (Å²) >= 11 is 0. The highest BCUT2D eigenvalue weighted by Crippen LogP contribution is 2.24. The lowest BCUT2D eigenvalue weighted by atomic mass is 9.86. The highest BCUT2D eigenvalue weighted by molar-refractivity contribution is 5.27. The predicted octanol–water partition coefficient (Wildman–Crippen LogP) is 9.05. The van der Waals surface area contributed by atoms with Crippen LogP contribution in [0.15, 0.2) is 48.1 Å². The van der Waals surface area contributed by atoms with Crippen LogP contribution in [-0.2, 0) is 11.8 Å².